The largest absolute Gasteiger partial charge is 0.298 e. The molecule has 24 heavy (non-hydrogen) atoms. The Morgan fingerprint density at radius 2 is 1.88 bits per heavy atom. The van der Waals surface area contributed by atoms with Crippen LogP contribution in [0.15, 0.2) is 53.6 Å². The summed E-state index contributed by atoms with van der Waals surface area (Å²) < 4.78 is 26.6. The maximum Gasteiger partial charge on any atom is 0.289 e. The van der Waals surface area contributed by atoms with Crippen molar-refractivity contribution in [2.45, 2.75) is 4.90 Å². The maximum atomic E-state index is 12.8. The second-order valence-electron chi connectivity index (χ2n) is 4.89. The van der Waals surface area contributed by atoms with Crippen LogP contribution in [-0.4, -0.2) is 23.6 Å². The highest BCUT2D eigenvalue weighted by Gasteiger charge is 2.24. The summed E-state index contributed by atoms with van der Waals surface area (Å²) in [6.45, 7) is 0. The van der Waals surface area contributed by atoms with E-state index in [4.69, 9.17) is 11.6 Å². The molecule has 3 aromatic rings. The van der Waals surface area contributed by atoms with Crippen molar-refractivity contribution < 1.29 is 18.1 Å². The Hall–Kier alpha value is -2.71. The van der Waals surface area contributed by atoms with Crippen molar-refractivity contribution in [2.75, 3.05) is 0 Å². The number of hydrogen-bond donors (Lipinski definition) is 0. The maximum absolute atomic E-state index is 12.8. The van der Waals surface area contributed by atoms with Gasteiger partial charge in [0.05, 0.1) is 15.3 Å². The number of benzene rings is 2. The first-order valence-electron chi connectivity index (χ1n) is 6.61. The van der Waals surface area contributed by atoms with E-state index in [0.717, 1.165) is 16.1 Å². The lowest BCUT2D eigenvalue weighted by Crippen LogP contribution is -2.12. The fourth-order valence-corrected chi connectivity index (χ4v) is 3.96. The Bertz CT molecular complexity index is 1090. The zero-order chi connectivity index (χ0) is 17.5. The minimum Gasteiger partial charge on any atom is -0.298 e. The highest BCUT2D eigenvalue weighted by atomic mass is 35.5. The molecule has 0 aliphatic carbocycles. The fraction of sp³-hybridized carbons (Fsp3) is 0. The second-order valence-corrected chi connectivity index (χ2v) is 7.11. The topological polar surface area (TPSA) is 99.3 Å². The third-order valence-electron chi connectivity index (χ3n) is 3.51. The number of nitro groups is 1. The average Bonchev–Trinajstić information content (AvgIpc) is 2.94. The molecular weight excluding hydrogens is 356 g/mol. The lowest BCUT2D eigenvalue weighted by molar-refractivity contribution is -0.384. The van der Waals surface area contributed by atoms with Gasteiger partial charge >= 0.3 is 0 Å². The molecule has 7 nitrogen and oxygen atoms in total. The molecule has 122 valence electrons. The summed E-state index contributed by atoms with van der Waals surface area (Å²) in [5.41, 5.74) is -0.000319. The van der Waals surface area contributed by atoms with E-state index in [1.807, 2.05) is 0 Å². The summed E-state index contributed by atoms with van der Waals surface area (Å²) >= 11 is 5.72. The molecule has 0 fully saturated rings. The lowest BCUT2D eigenvalue weighted by Gasteiger charge is -2.08. The van der Waals surface area contributed by atoms with Crippen molar-refractivity contribution in [3.8, 4) is 0 Å². The number of nitrogens with zero attached hydrogens (tertiary/aromatic N) is 2. The Morgan fingerprint density at radius 1 is 1.17 bits per heavy atom. The molecular formula is C15H9ClN2O5S. The van der Waals surface area contributed by atoms with Crippen LogP contribution >= 0.6 is 11.6 Å². The Kier molecular flexibility index (Phi) is 3.86. The number of nitro benzene ring substituents is 1. The van der Waals surface area contributed by atoms with Crippen LogP contribution in [0.4, 0.5) is 5.69 Å². The van der Waals surface area contributed by atoms with Gasteiger partial charge in [0, 0.05) is 23.2 Å². The first kappa shape index (κ1) is 16.2. The van der Waals surface area contributed by atoms with E-state index in [2.05, 4.69) is 0 Å². The normalized spacial score (nSPS) is 11.5. The monoisotopic (exact) mass is 364 g/mol. The minimum atomic E-state index is -4.13. The third-order valence-corrected chi connectivity index (χ3v) is 5.50. The van der Waals surface area contributed by atoms with Gasteiger partial charge in [-0.2, -0.15) is 0 Å². The zero-order valence-corrected chi connectivity index (χ0v) is 13.5. The predicted molar refractivity (Wildman–Crippen MR) is 88.0 cm³/mol. The molecule has 0 spiro atoms. The van der Waals surface area contributed by atoms with Gasteiger partial charge in [-0.3, -0.25) is 14.9 Å². The van der Waals surface area contributed by atoms with Gasteiger partial charge in [-0.25, -0.2) is 12.4 Å². The van der Waals surface area contributed by atoms with Crippen molar-refractivity contribution in [1.29, 1.82) is 0 Å². The second kappa shape index (κ2) is 5.73. The number of aldehydes is 1. The highest BCUT2D eigenvalue weighted by molar-refractivity contribution is 7.90. The molecule has 9 heteroatoms. The van der Waals surface area contributed by atoms with Gasteiger partial charge < -0.3 is 0 Å². The van der Waals surface area contributed by atoms with E-state index in [0.29, 0.717) is 17.2 Å². The SMILES string of the molecule is O=Cc1cn(S(=O)(=O)c2ccc(Cl)c([N+](=O)[O-])c2)c2ccccc12. The van der Waals surface area contributed by atoms with Crippen LogP contribution in [0.25, 0.3) is 10.9 Å². The summed E-state index contributed by atoms with van der Waals surface area (Å²) in [6.07, 6.45) is 1.74. The Balaban J connectivity index is 2.28. The Morgan fingerprint density at radius 3 is 2.54 bits per heavy atom. The quantitative estimate of drug-likeness (QED) is 0.402. The zero-order valence-electron chi connectivity index (χ0n) is 11.9. The molecule has 0 aliphatic heterocycles. The van der Waals surface area contributed by atoms with Crippen LogP contribution in [0.3, 0.4) is 0 Å². The first-order valence-corrected chi connectivity index (χ1v) is 8.43. The van der Waals surface area contributed by atoms with Crippen molar-refractivity contribution in [3.63, 3.8) is 0 Å². The summed E-state index contributed by atoms with van der Waals surface area (Å²) in [5.74, 6) is 0. The van der Waals surface area contributed by atoms with Crippen LogP contribution in [0.1, 0.15) is 10.4 Å². The lowest BCUT2D eigenvalue weighted by atomic mass is 10.2. The molecule has 0 N–H and O–H groups in total. The summed E-state index contributed by atoms with van der Waals surface area (Å²) in [4.78, 5) is 21.1. The fourth-order valence-electron chi connectivity index (χ4n) is 2.37. The standard InChI is InChI=1S/C15H9ClN2O5S/c16-13-6-5-11(7-15(13)18(20)21)24(22,23)17-8-10(9-19)12-3-1-2-4-14(12)17/h1-9H. The van der Waals surface area contributed by atoms with Crippen molar-refractivity contribution in [2.24, 2.45) is 0 Å². The molecule has 1 heterocycles. The third kappa shape index (κ3) is 2.45. The molecule has 3 rings (SSSR count). The first-order chi connectivity index (χ1) is 11.4. The number of fused-ring (bicyclic) bond motifs is 1. The summed E-state index contributed by atoms with van der Waals surface area (Å²) in [5, 5.41) is 11.3. The molecule has 0 radical (unpaired) electrons. The highest BCUT2D eigenvalue weighted by Crippen LogP contribution is 2.30. The molecule has 0 bridgehead atoms. The van der Waals surface area contributed by atoms with Gasteiger partial charge in [0.2, 0.25) is 0 Å². The van der Waals surface area contributed by atoms with Gasteiger partial charge in [0.1, 0.15) is 5.02 Å². The molecule has 0 aliphatic rings. The van der Waals surface area contributed by atoms with E-state index in [1.165, 1.54) is 12.3 Å². The average molecular weight is 365 g/mol. The van der Waals surface area contributed by atoms with Gasteiger partial charge in [-0.15, -0.1) is 0 Å². The number of para-hydroxylation sites is 1. The van der Waals surface area contributed by atoms with Crippen molar-refractivity contribution >= 4 is 44.5 Å². The molecule has 0 amide bonds. The number of carbonyl (C=O) groups excluding carboxylic acids is 1. The Labute approximate surface area is 141 Å². The smallest absolute Gasteiger partial charge is 0.289 e. The van der Waals surface area contributed by atoms with Gasteiger partial charge in [-0.1, -0.05) is 29.8 Å². The van der Waals surface area contributed by atoms with E-state index >= 15 is 0 Å². The van der Waals surface area contributed by atoms with Crippen molar-refractivity contribution in [1.82, 2.24) is 3.97 Å². The number of hydrogen-bond acceptors (Lipinski definition) is 5. The summed E-state index contributed by atoms with van der Waals surface area (Å²) in [6, 6.07) is 9.71. The van der Waals surface area contributed by atoms with Gasteiger partial charge in [-0.05, 0) is 18.2 Å². The molecule has 1 aromatic heterocycles. The van der Waals surface area contributed by atoms with E-state index in [9.17, 15) is 23.3 Å². The molecule has 0 unspecified atom stereocenters. The van der Waals surface area contributed by atoms with E-state index in [1.54, 1.807) is 24.3 Å². The molecule has 0 atom stereocenters. The number of halogens is 1. The van der Waals surface area contributed by atoms with Gasteiger partial charge in [0.25, 0.3) is 15.7 Å². The van der Waals surface area contributed by atoms with Crippen LogP contribution in [-0.2, 0) is 10.0 Å². The number of carbonyl (C=O) groups is 1. The number of aromatic nitrogens is 1. The number of rotatable bonds is 4. The predicted octanol–water partition coefficient (Wildman–Crippen LogP) is 3.25. The molecule has 2 aromatic carbocycles. The molecule has 0 saturated carbocycles. The van der Waals surface area contributed by atoms with E-state index < -0.39 is 20.6 Å². The van der Waals surface area contributed by atoms with Crippen LogP contribution in [0.5, 0.6) is 0 Å². The van der Waals surface area contributed by atoms with E-state index in [-0.39, 0.29) is 15.5 Å². The minimum absolute atomic E-state index is 0.162. The van der Waals surface area contributed by atoms with Crippen LogP contribution in [0.2, 0.25) is 5.02 Å². The van der Waals surface area contributed by atoms with Gasteiger partial charge in [0.15, 0.2) is 6.29 Å². The van der Waals surface area contributed by atoms with Crippen molar-refractivity contribution in [3.05, 3.63) is 69.4 Å². The van der Waals surface area contributed by atoms with Crippen LogP contribution < -0.4 is 0 Å². The van der Waals surface area contributed by atoms with Crippen LogP contribution in [0, 0.1) is 10.1 Å². The summed E-state index contributed by atoms with van der Waals surface area (Å²) in [7, 11) is -4.13. The molecule has 0 saturated heterocycles.